The van der Waals surface area contributed by atoms with Crippen molar-refractivity contribution in [1.82, 2.24) is 4.98 Å². The molecule has 0 amide bonds. The number of aliphatic hydroxyl groups is 1. The number of methoxy groups -OCH3 is 1. The van der Waals surface area contributed by atoms with E-state index >= 15 is 0 Å². The van der Waals surface area contributed by atoms with Crippen molar-refractivity contribution >= 4 is 16.7 Å². The number of piperidine rings is 3. The zero-order chi connectivity index (χ0) is 23.0. The zero-order valence-corrected chi connectivity index (χ0v) is 21.0. The summed E-state index contributed by atoms with van der Waals surface area (Å²) in [5.41, 5.74) is 2.43. The van der Waals surface area contributed by atoms with Crippen molar-refractivity contribution in [3.63, 3.8) is 0 Å². The van der Waals surface area contributed by atoms with Gasteiger partial charge >= 0.3 is 0 Å². The molecular weight excluding hydrogens is 492 g/mol. The third-order valence-electron chi connectivity index (χ3n) is 7.90. The van der Waals surface area contributed by atoms with Gasteiger partial charge in [0.1, 0.15) is 24.4 Å². The fourth-order valence-electron chi connectivity index (χ4n) is 6.12. The summed E-state index contributed by atoms with van der Waals surface area (Å²) < 4.78 is 6.04. The number of quaternary nitrogens is 1. The van der Waals surface area contributed by atoms with Crippen LogP contribution >= 0.6 is 0 Å². The first-order valence-corrected chi connectivity index (χ1v) is 11.7. The summed E-state index contributed by atoms with van der Waals surface area (Å²) in [5.74, 6) is 1.75. The topological polar surface area (TPSA) is 59.4 Å². The van der Waals surface area contributed by atoms with Gasteiger partial charge in [0.05, 0.1) is 25.7 Å². The van der Waals surface area contributed by atoms with E-state index in [-0.39, 0.29) is 28.8 Å². The Morgan fingerprint density at radius 2 is 2.06 bits per heavy atom. The monoisotopic (exact) mass is 522 g/mol. The van der Waals surface area contributed by atoms with E-state index in [1.165, 1.54) is 0 Å². The van der Waals surface area contributed by atoms with Crippen molar-refractivity contribution in [1.29, 1.82) is 0 Å². The standard InChI is InChI=1S/C28H31N2O3.BrH/c1-3-19-17-30(18-27(31)20-7-5-4-6-8-20)14-12-21(19)15-26(30)28(32)23-11-13-29-25-10-9-22(33-2)16-24(23)25;/h3-11,13,16,19,21,26,28,32H,1,12,14-15,17-18H2,2H3;1H/q+1;/p-1/t19?,21?,26?,28-,30?;/m1./s1. The van der Waals surface area contributed by atoms with Gasteiger partial charge in [-0.05, 0) is 35.7 Å². The average molecular weight is 523 g/mol. The molecule has 0 spiro atoms. The molecule has 3 aliphatic heterocycles. The van der Waals surface area contributed by atoms with Crippen LogP contribution in [0.15, 0.2) is 73.4 Å². The number of ketones is 1. The number of Topliss-reactive ketones (excluding diaryl/α,β-unsaturated/α-hetero) is 1. The minimum atomic E-state index is -0.695. The Bertz CT molecular complexity index is 1180. The lowest BCUT2D eigenvalue weighted by Crippen LogP contribution is -3.00. The molecule has 178 valence electrons. The lowest BCUT2D eigenvalue weighted by Gasteiger charge is -2.57. The number of aliphatic hydroxyl groups excluding tert-OH is 1. The molecule has 34 heavy (non-hydrogen) atoms. The predicted molar refractivity (Wildman–Crippen MR) is 129 cm³/mol. The summed E-state index contributed by atoms with van der Waals surface area (Å²) >= 11 is 0. The van der Waals surface area contributed by atoms with Crippen LogP contribution in [0.5, 0.6) is 5.75 Å². The van der Waals surface area contributed by atoms with Crippen LogP contribution in [0.2, 0.25) is 0 Å². The first kappa shape index (κ1) is 24.6. The molecule has 4 unspecified atom stereocenters. The number of hydrogen-bond acceptors (Lipinski definition) is 4. The lowest BCUT2D eigenvalue weighted by molar-refractivity contribution is -0.966. The van der Waals surface area contributed by atoms with Gasteiger partial charge in [-0.25, -0.2) is 0 Å². The normalized spacial score (nSPS) is 26.5. The highest BCUT2D eigenvalue weighted by atomic mass is 79.9. The number of benzene rings is 2. The number of carbonyl (C=O) groups excluding carboxylic acids is 1. The van der Waals surface area contributed by atoms with Gasteiger partial charge in [0.25, 0.3) is 0 Å². The van der Waals surface area contributed by atoms with E-state index in [9.17, 15) is 9.90 Å². The van der Waals surface area contributed by atoms with Crippen LogP contribution in [0, 0.1) is 11.8 Å². The molecule has 3 aliphatic rings. The molecule has 3 fully saturated rings. The molecule has 1 aromatic heterocycles. The molecule has 4 heterocycles. The molecule has 0 aliphatic carbocycles. The quantitative estimate of drug-likeness (QED) is 0.290. The second-order valence-corrected chi connectivity index (χ2v) is 9.55. The highest BCUT2D eigenvalue weighted by Gasteiger charge is 2.54. The maximum absolute atomic E-state index is 13.3. The summed E-state index contributed by atoms with van der Waals surface area (Å²) in [6.07, 6.45) is 5.06. The van der Waals surface area contributed by atoms with E-state index in [0.29, 0.717) is 22.9 Å². The van der Waals surface area contributed by atoms with Crippen LogP contribution in [0.1, 0.15) is 34.9 Å². The molecule has 5 nitrogen and oxygen atoms in total. The first-order chi connectivity index (χ1) is 16.0. The fraction of sp³-hybridized carbons (Fsp3) is 0.357. The number of halogens is 1. The van der Waals surface area contributed by atoms with Crippen LogP contribution in [-0.2, 0) is 0 Å². The smallest absolute Gasteiger partial charge is 0.216 e. The van der Waals surface area contributed by atoms with Gasteiger partial charge in [-0.3, -0.25) is 9.78 Å². The Morgan fingerprint density at radius 1 is 1.26 bits per heavy atom. The number of ether oxygens (including phenoxy) is 1. The van der Waals surface area contributed by atoms with Crippen molar-refractivity contribution in [2.45, 2.75) is 25.0 Å². The number of aromatic nitrogens is 1. The lowest BCUT2D eigenvalue weighted by atomic mass is 9.71. The summed E-state index contributed by atoms with van der Waals surface area (Å²) in [5, 5.41) is 12.7. The Morgan fingerprint density at radius 3 is 2.79 bits per heavy atom. The molecule has 1 N–H and O–H groups in total. The third-order valence-corrected chi connectivity index (χ3v) is 7.90. The highest BCUT2D eigenvalue weighted by molar-refractivity contribution is 5.97. The minimum Gasteiger partial charge on any atom is -1.00 e. The SMILES string of the molecule is C=CC1C[N+]2(CC(=O)c3ccccc3)CCC1CC2[C@H](O)c1ccnc2ccc(OC)cc12.[Br-]. The Hall–Kier alpha value is -2.54. The molecule has 0 saturated carbocycles. The predicted octanol–water partition coefficient (Wildman–Crippen LogP) is 1.57. The Labute approximate surface area is 211 Å². The summed E-state index contributed by atoms with van der Waals surface area (Å²) in [6, 6.07) is 17.1. The van der Waals surface area contributed by atoms with Gasteiger partial charge in [0, 0.05) is 35.9 Å². The second kappa shape index (κ2) is 9.98. The van der Waals surface area contributed by atoms with E-state index in [1.807, 2.05) is 54.6 Å². The molecule has 6 heteroatoms. The number of pyridine rings is 1. The molecule has 2 aromatic carbocycles. The van der Waals surface area contributed by atoms with E-state index in [1.54, 1.807) is 13.3 Å². The molecule has 2 bridgehead atoms. The zero-order valence-electron chi connectivity index (χ0n) is 19.4. The Kier molecular flexibility index (Phi) is 7.22. The van der Waals surface area contributed by atoms with Crippen LogP contribution in [0.4, 0.5) is 0 Å². The van der Waals surface area contributed by atoms with Crippen molar-refractivity contribution in [2.75, 3.05) is 26.7 Å². The van der Waals surface area contributed by atoms with Gasteiger partial charge in [-0.2, -0.15) is 0 Å². The van der Waals surface area contributed by atoms with Gasteiger partial charge < -0.3 is 31.3 Å². The first-order valence-electron chi connectivity index (χ1n) is 11.7. The van der Waals surface area contributed by atoms with E-state index in [2.05, 4.69) is 17.6 Å². The van der Waals surface area contributed by atoms with E-state index in [0.717, 1.165) is 53.7 Å². The average Bonchev–Trinajstić information content (AvgIpc) is 2.88. The number of nitrogens with zero attached hydrogens (tertiary/aromatic N) is 2. The molecule has 6 rings (SSSR count). The summed E-state index contributed by atoms with van der Waals surface area (Å²) in [6.45, 7) is 6.23. The van der Waals surface area contributed by atoms with Crippen molar-refractivity contribution in [3.8, 4) is 5.75 Å². The van der Waals surface area contributed by atoms with Crippen LogP contribution in [0.3, 0.4) is 0 Å². The summed E-state index contributed by atoms with van der Waals surface area (Å²) in [7, 11) is 1.64. The molecule has 5 atom stereocenters. The number of hydrogen-bond donors (Lipinski definition) is 1. The van der Waals surface area contributed by atoms with Gasteiger partial charge in [0.2, 0.25) is 5.78 Å². The van der Waals surface area contributed by atoms with Crippen molar-refractivity contribution in [3.05, 3.63) is 84.6 Å². The van der Waals surface area contributed by atoms with Crippen LogP contribution in [0.25, 0.3) is 10.9 Å². The van der Waals surface area contributed by atoms with Crippen molar-refractivity contribution < 1.29 is 36.1 Å². The van der Waals surface area contributed by atoms with Crippen LogP contribution in [-0.4, -0.2) is 53.1 Å². The van der Waals surface area contributed by atoms with Crippen molar-refractivity contribution in [2.24, 2.45) is 11.8 Å². The van der Waals surface area contributed by atoms with E-state index in [4.69, 9.17) is 4.74 Å². The highest BCUT2D eigenvalue weighted by Crippen LogP contribution is 2.47. The molecule has 0 radical (unpaired) electrons. The second-order valence-electron chi connectivity index (χ2n) is 9.55. The number of carbonyl (C=O) groups is 1. The van der Waals surface area contributed by atoms with Crippen LogP contribution < -0.4 is 21.7 Å². The number of rotatable bonds is 7. The largest absolute Gasteiger partial charge is 1.00 e. The van der Waals surface area contributed by atoms with Gasteiger partial charge in [-0.15, -0.1) is 6.58 Å². The summed E-state index contributed by atoms with van der Waals surface area (Å²) in [4.78, 5) is 17.8. The molecule has 3 aromatic rings. The minimum absolute atomic E-state index is 0. The maximum Gasteiger partial charge on any atom is 0.216 e. The molecule has 3 saturated heterocycles. The Balaban J connectivity index is 0.00000274. The van der Waals surface area contributed by atoms with E-state index < -0.39 is 6.10 Å². The fourth-order valence-corrected chi connectivity index (χ4v) is 6.12. The third kappa shape index (κ3) is 4.30. The number of fused-ring (bicyclic) bond motifs is 4. The molecular formula is C28H31BrN2O3. The van der Waals surface area contributed by atoms with Gasteiger partial charge in [0.15, 0.2) is 0 Å². The maximum atomic E-state index is 13.3. The van der Waals surface area contributed by atoms with Gasteiger partial charge in [-0.1, -0.05) is 36.4 Å².